The Morgan fingerprint density at radius 2 is 1.57 bits per heavy atom. The van der Waals surface area contributed by atoms with Crippen LogP contribution < -0.4 is 10.6 Å². The van der Waals surface area contributed by atoms with E-state index in [1.54, 1.807) is 6.92 Å². The van der Waals surface area contributed by atoms with Crippen LogP contribution >= 0.6 is 0 Å². The molecule has 122 valence electrons. The summed E-state index contributed by atoms with van der Waals surface area (Å²) in [6.07, 6.45) is 0. The Hall–Kier alpha value is -2.43. The van der Waals surface area contributed by atoms with Crippen molar-refractivity contribution >= 4 is 6.03 Å². The summed E-state index contributed by atoms with van der Waals surface area (Å²) in [4.78, 5) is 12.1. The second-order valence-electron chi connectivity index (χ2n) is 5.58. The van der Waals surface area contributed by atoms with Crippen LogP contribution in [0.4, 0.5) is 13.6 Å². The molecule has 0 fully saturated rings. The zero-order chi connectivity index (χ0) is 17.0. The molecule has 0 radical (unpaired) electrons. The van der Waals surface area contributed by atoms with E-state index in [1.165, 1.54) is 12.1 Å². The number of halogens is 2. The maximum Gasteiger partial charge on any atom is 0.315 e. The number of hydrogen-bond donors (Lipinski definition) is 2. The van der Waals surface area contributed by atoms with E-state index >= 15 is 0 Å². The van der Waals surface area contributed by atoms with Gasteiger partial charge in [0.25, 0.3) is 0 Å². The molecule has 0 saturated carbocycles. The molecule has 3 nitrogen and oxygen atoms in total. The van der Waals surface area contributed by atoms with Gasteiger partial charge in [-0.1, -0.05) is 30.3 Å². The first-order chi connectivity index (χ1) is 10.9. The van der Waals surface area contributed by atoms with Crippen molar-refractivity contribution in [1.29, 1.82) is 0 Å². The lowest BCUT2D eigenvalue weighted by Crippen LogP contribution is -2.38. The van der Waals surface area contributed by atoms with E-state index in [9.17, 15) is 13.6 Å². The number of amides is 2. The molecule has 2 rings (SSSR count). The van der Waals surface area contributed by atoms with E-state index in [1.807, 2.05) is 38.1 Å². The fourth-order valence-corrected chi connectivity index (χ4v) is 2.52. The highest BCUT2D eigenvalue weighted by Crippen LogP contribution is 2.19. The van der Waals surface area contributed by atoms with Crippen molar-refractivity contribution < 1.29 is 13.6 Å². The van der Waals surface area contributed by atoms with Gasteiger partial charge in [0.1, 0.15) is 11.6 Å². The summed E-state index contributed by atoms with van der Waals surface area (Å²) in [7, 11) is 0. The third kappa shape index (κ3) is 4.28. The molecule has 2 atom stereocenters. The van der Waals surface area contributed by atoms with Crippen LogP contribution in [0.2, 0.25) is 0 Å². The van der Waals surface area contributed by atoms with Gasteiger partial charge >= 0.3 is 6.03 Å². The van der Waals surface area contributed by atoms with Gasteiger partial charge < -0.3 is 10.6 Å². The zero-order valence-corrected chi connectivity index (χ0v) is 13.4. The second-order valence-corrected chi connectivity index (χ2v) is 5.58. The number of benzene rings is 2. The summed E-state index contributed by atoms with van der Waals surface area (Å²) in [5, 5.41) is 5.49. The van der Waals surface area contributed by atoms with Crippen LogP contribution in [0.1, 0.15) is 42.6 Å². The van der Waals surface area contributed by atoms with E-state index in [0.717, 1.165) is 17.2 Å². The average Bonchev–Trinajstić information content (AvgIpc) is 2.47. The van der Waals surface area contributed by atoms with Crippen LogP contribution in [0.15, 0.2) is 42.5 Å². The van der Waals surface area contributed by atoms with Crippen molar-refractivity contribution in [3.8, 4) is 0 Å². The SMILES string of the molecule is Cc1ccccc1[C@@H](C)NC(=O)N[C@@H](C)c1ccc(F)cc1F. The quantitative estimate of drug-likeness (QED) is 0.862. The third-order valence-corrected chi connectivity index (χ3v) is 3.78. The first-order valence-electron chi connectivity index (χ1n) is 7.46. The summed E-state index contributed by atoms with van der Waals surface area (Å²) in [5.74, 6) is -1.32. The van der Waals surface area contributed by atoms with Crippen molar-refractivity contribution in [3.05, 3.63) is 70.8 Å². The summed E-state index contributed by atoms with van der Waals surface area (Å²) < 4.78 is 26.7. The Kier molecular flexibility index (Phi) is 5.32. The van der Waals surface area contributed by atoms with Gasteiger partial charge in [0, 0.05) is 11.6 Å². The van der Waals surface area contributed by atoms with Crippen molar-refractivity contribution in [2.45, 2.75) is 32.9 Å². The molecule has 0 spiro atoms. The Morgan fingerprint density at radius 3 is 2.17 bits per heavy atom. The Balaban J connectivity index is 2.00. The van der Waals surface area contributed by atoms with E-state index in [2.05, 4.69) is 10.6 Å². The standard InChI is InChI=1S/C18H20F2N2O/c1-11-6-4-5-7-15(11)12(2)21-18(23)22-13(3)16-9-8-14(19)10-17(16)20/h4-10,12-13H,1-3H3,(H2,21,22,23)/t12-,13+/m1/s1. The molecule has 23 heavy (non-hydrogen) atoms. The normalized spacial score (nSPS) is 13.3. The number of rotatable bonds is 4. The minimum absolute atomic E-state index is 0.179. The van der Waals surface area contributed by atoms with E-state index in [0.29, 0.717) is 0 Å². The van der Waals surface area contributed by atoms with Crippen molar-refractivity contribution in [2.75, 3.05) is 0 Å². The molecule has 0 aromatic heterocycles. The van der Waals surface area contributed by atoms with Crippen molar-refractivity contribution in [2.24, 2.45) is 0 Å². The lowest BCUT2D eigenvalue weighted by Gasteiger charge is -2.20. The zero-order valence-electron chi connectivity index (χ0n) is 13.4. The summed E-state index contributed by atoms with van der Waals surface area (Å²) in [6, 6.07) is 9.93. The van der Waals surface area contributed by atoms with E-state index < -0.39 is 23.7 Å². The van der Waals surface area contributed by atoms with Crippen LogP contribution in [0.3, 0.4) is 0 Å². The largest absolute Gasteiger partial charge is 0.332 e. The van der Waals surface area contributed by atoms with E-state index in [4.69, 9.17) is 0 Å². The van der Waals surface area contributed by atoms with Gasteiger partial charge in [-0.25, -0.2) is 13.6 Å². The van der Waals surface area contributed by atoms with Crippen LogP contribution in [-0.2, 0) is 0 Å². The fraction of sp³-hybridized carbons (Fsp3) is 0.278. The predicted molar refractivity (Wildman–Crippen MR) is 86.0 cm³/mol. The molecule has 2 amide bonds. The smallest absolute Gasteiger partial charge is 0.315 e. The molecule has 0 aliphatic carbocycles. The molecular formula is C18H20F2N2O. The maximum atomic E-state index is 13.7. The van der Waals surface area contributed by atoms with Crippen molar-refractivity contribution in [1.82, 2.24) is 10.6 Å². The molecular weight excluding hydrogens is 298 g/mol. The van der Waals surface area contributed by atoms with Gasteiger partial charge in [-0.3, -0.25) is 0 Å². The topological polar surface area (TPSA) is 41.1 Å². The van der Waals surface area contributed by atoms with Gasteiger partial charge in [-0.2, -0.15) is 0 Å². The van der Waals surface area contributed by atoms with Gasteiger partial charge in [0.2, 0.25) is 0 Å². The molecule has 0 aliphatic rings. The minimum Gasteiger partial charge on any atom is -0.332 e. The number of urea groups is 1. The van der Waals surface area contributed by atoms with Crippen LogP contribution in [-0.4, -0.2) is 6.03 Å². The molecule has 0 saturated heterocycles. The number of hydrogen-bond acceptors (Lipinski definition) is 1. The Bertz CT molecular complexity index is 703. The van der Waals surface area contributed by atoms with E-state index in [-0.39, 0.29) is 11.6 Å². The first kappa shape index (κ1) is 16.9. The lowest BCUT2D eigenvalue weighted by molar-refractivity contribution is 0.234. The third-order valence-electron chi connectivity index (χ3n) is 3.78. The van der Waals surface area contributed by atoms with Gasteiger partial charge in [-0.15, -0.1) is 0 Å². The summed E-state index contributed by atoms with van der Waals surface area (Å²) in [6.45, 7) is 5.50. The molecule has 0 aliphatic heterocycles. The predicted octanol–water partition coefficient (Wildman–Crippen LogP) is 4.39. The molecule has 2 aromatic carbocycles. The number of carbonyl (C=O) groups is 1. The first-order valence-corrected chi connectivity index (χ1v) is 7.46. The molecule has 2 aromatic rings. The summed E-state index contributed by atoms with van der Waals surface area (Å²) in [5.41, 5.74) is 2.34. The second kappa shape index (κ2) is 7.22. The van der Waals surface area contributed by atoms with Gasteiger partial charge in [-0.05, 0) is 38.0 Å². The number of carbonyl (C=O) groups excluding carboxylic acids is 1. The van der Waals surface area contributed by atoms with Crippen LogP contribution in [0.5, 0.6) is 0 Å². The Labute approximate surface area is 134 Å². The maximum absolute atomic E-state index is 13.7. The molecule has 0 bridgehead atoms. The molecule has 2 N–H and O–H groups in total. The summed E-state index contributed by atoms with van der Waals surface area (Å²) >= 11 is 0. The van der Waals surface area contributed by atoms with Crippen LogP contribution in [0.25, 0.3) is 0 Å². The molecule has 0 heterocycles. The highest BCUT2D eigenvalue weighted by molar-refractivity contribution is 5.75. The highest BCUT2D eigenvalue weighted by Gasteiger charge is 2.16. The monoisotopic (exact) mass is 318 g/mol. The average molecular weight is 318 g/mol. The van der Waals surface area contributed by atoms with Crippen LogP contribution in [0, 0.1) is 18.6 Å². The number of nitrogens with one attached hydrogen (secondary N) is 2. The Morgan fingerprint density at radius 1 is 0.957 bits per heavy atom. The molecule has 5 heteroatoms. The van der Waals surface area contributed by atoms with Crippen molar-refractivity contribution in [3.63, 3.8) is 0 Å². The molecule has 0 unspecified atom stereocenters. The van der Waals surface area contributed by atoms with Gasteiger partial charge in [0.15, 0.2) is 0 Å². The number of aryl methyl sites for hydroxylation is 1. The van der Waals surface area contributed by atoms with Gasteiger partial charge in [0.05, 0.1) is 12.1 Å². The highest BCUT2D eigenvalue weighted by atomic mass is 19.1. The fourth-order valence-electron chi connectivity index (χ4n) is 2.52. The lowest BCUT2D eigenvalue weighted by atomic mass is 10.0. The minimum atomic E-state index is -0.676.